The predicted molar refractivity (Wildman–Crippen MR) is 76.1 cm³/mol. The van der Waals surface area contributed by atoms with Crippen LogP contribution in [-0.2, 0) is 10.9 Å². The second-order valence-corrected chi connectivity index (χ2v) is 5.39. The van der Waals surface area contributed by atoms with Gasteiger partial charge in [-0.3, -0.25) is 4.90 Å². The van der Waals surface area contributed by atoms with E-state index in [1.165, 1.54) is 6.07 Å². The molecular weight excluding hydrogens is 313 g/mol. The highest BCUT2D eigenvalue weighted by atomic mass is 19.4. The molecule has 0 unspecified atom stereocenters. The molecule has 0 amide bonds. The molecule has 3 rings (SSSR count). The van der Waals surface area contributed by atoms with E-state index in [0.29, 0.717) is 30.1 Å². The minimum atomic E-state index is -4.59. The number of aromatic nitrogens is 4. The molecule has 7 nitrogen and oxygen atoms in total. The number of hydrogen-bond acceptors (Lipinski definition) is 6. The number of fused-ring (bicyclic) bond motifs is 1. The number of nitrogens with zero attached hydrogens (tertiary/aromatic N) is 5. The number of halogens is 3. The highest BCUT2D eigenvalue weighted by Gasteiger charge is 2.37. The Kier molecular flexibility index (Phi) is 4.35. The smallest absolute Gasteiger partial charge is 0.379 e. The standard InChI is InChI=1S/C13H17F3N6O/c1-9(21-4-6-23-7-5-21)8-17-10-2-3-11-18-19-12(13(14,15)16)22(11)20-10/h2-3,9H,4-8H2,1H3,(H,17,20)/t9-/m0/s1. The van der Waals surface area contributed by atoms with E-state index in [4.69, 9.17) is 4.74 Å². The summed E-state index contributed by atoms with van der Waals surface area (Å²) in [6, 6.07) is 3.27. The van der Waals surface area contributed by atoms with Gasteiger partial charge in [-0.15, -0.1) is 15.3 Å². The van der Waals surface area contributed by atoms with E-state index in [-0.39, 0.29) is 11.7 Å². The Balaban J connectivity index is 1.70. The van der Waals surface area contributed by atoms with Gasteiger partial charge in [-0.05, 0) is 19.1 Å². The Morgan fingerprint density at radius 1 is 1.26 bits per heavy atom. The van der Waals surface area contributed by atoms with Gasteiger partial charge in [0.25, 0.3) is 5.82 Å². The first-order valence-corrected chi connectivity index (χ1v) is 7.30. The Labute approximate surface area is 130 Å². The van der Waals surface area contributed by atoms with Crippen LogP contribution >= 0.6 is 0 Å². The molecule has 0 bridgehead atoms. The highest BCUT2D eigenvalue weighted by molar-refractivity contribution is 5.44. The van der Waals surface area contributed by atoms with Crippen LogP contribution in [0.3, 0.4) is 0 Å². The number of morpholine rings is 1. The summed E-state index contributed by atoms with van der Waals surface area (Å²) in [5, 5.41) is 13.6. The largest absolute Gasteiger partial charge is 0.453 e. The molecule has 0 radical (unpaired) electrons. The molecule has 3 heterocycles. The number of hydrogen-bond donors (Lipinski definition) is 1. The van der Waals surface area contributed by atoms with Gasteiger partial charge in [0.15, 0.2) is 5.65 Å². The van der Waals surface area contributed by atoms with Gasteiger partial charge in [0.2, 0.25) is 0 Å². The van der Waals surface area contributed by atoms with Gasteiger partial charge in [0.1, 0.15) is 5.82 Å². The van der Waals surface area contributed by atoms with Crippen LogP contribution < -0.4 is 5.32 Å². The summed E-state index contributed by atoms with van der Waals surface area (Å²) < 4.78 is 44.5. The van der Waals surface area contributed by atoms with E-state index in [0.717, 1.165) is 13.1 Å². The second-order valence-electron chi connectivity index (χ2n) is 5.39. The van der Waals surface area contributed by atoms with Crippen molar-refractivity contribution in [3.05, 3.63) is 18.0 Å². The number of nitrogens with one attached hydrogen (secondary N) is 1. The number of ether oxygens (including phenoxy) is 1. The van der Waals surface area contributed by atoms with Crippen molar-refractivity contribution in [2.45, 2.75) is 19.1 Å². The average Bonchev–Trinajstić information content (AvgIpc) is 2.96. The fourth-order valence-electron chi connectivity index (χ4n) is 2.46. The van der Waals surface area contributed by atoms with Gasteiger partial charge >= 0.3 is 6.18 Å². The van der Waals surface area contributed by atoms with Crippen LogP contribution in [0, 0.1) is 0 Å². The maximum atomic E-state index is 12.8. The van der Waals surface area contributed by atoms with Crippen molar-refractivity contribution in [2.75, 3.05) is 38.2 Å². The Bertz CT molecular complexity index is 667. The molecule has 2 aromatic heterocycles. The van der Waals surface area contributed by atoms with E-state index >= 15 is 0 Å². The molecule has 10 heteroatoms. The van der Waals surface area contributed by atoms with Crippen molar-refractivity contribution in [3.63, 3.8) is 0 Å². The van der Waals surface area contributed by atoms with Gasteiger partial charge in [-0.25, -0.2) is 0 Å². The first kappa shape index (κ1) is 15.9. The first-order valence-electron chi connectivity index (χ1n) is 7.30. The Hall–Kier alpha value is -1.94. The second kappa shape index (κ2) is 6.28. The maximum absolute atomic E-state index is 12.8. The van der Waals surface area contributed by atoms with Crippen LogP contribution in [0.15, 0.2) is 12.1 Å². The third-order valence-electron chi connectivity index (χ3n) is 3.76. The van der Waals surface area contributed by atoms with Crippen LogP contribution in [-0.4, -0.2) is 63.6 Å². The van der Waals surface area contributed by atoms with E-state index in [1.54, 1.807) is 6.07 Å². The van der Waals surface area contributed by atoms with Crippen molar-refractivity contribution >= 4 is 11.5 Å². The summed E-state index contributed by atoms with van der Waals surface area (Å²) in [4.78, 5) is 2.26. The van der Waals surface area contributed by atoms with Crippen LogP contribution in [0.4, 0.5) is 19.0 Å². The molecular formula is C13H17F3N6O. The summed E-state index contributed by atoms with van der Waals surface area (Å²) in [5.74, 6) is -0.778. The third kappa shape index (κ3) is 3.53. The normalized spacial score (nSPS) is 18.3. The quantitative estimate of drug-likeness (QED) is 0.911. The lowest BCUT2D eigenvalue weighted by atomic mass is 10.2. The van der Waals surface area contributed by atoms with E-state index < -0.39 is 12.0 Å². The van der Waals surface area contributed by atoms with Gasteiger partial charge in [-0.2, -0.15) is 17.7 Å². The summed E-state index contributed by atoms with van der Waals surface area (Å²) in [6.45, 7) is 5.71. The zero-order valence-corrected chi connectivity index (χ0v) is 12.5. The summed E-state index contributed by atoms with van der Waals surface area (Å²) in [6.07, 6.45) is -4.59. The molecule has 1 fully saturated rings. The molecule has 1 aliphatic rings. The molecule has 0 aromatic carbocycles. The molecule has 0 aliphatic carbocycles. The fraction of sp³-hybridized carbons (Fsp3) is 0.615. The van der Waals surface area contributed by atoms with Crippen LogP contribution in [0.2, 0.25) is 0 Å². The zero-order chi connectivity index (χ0) is 16.4. The molecule has 2 aromatic rings. The minimum absolute atomic E-state index is 0.0594. The lowest BCUT2D eigenvalue weighted by molar-refractivity contribution is -0.146. The van der Waals surface area contributed by atoms with Gasteiger partial charge in [0.05, 0.1) is 13.2 Å². The molecule has 1 atom stereocenters. The Morgan fingerprint density at radius 2 is 2.00 bits per heavy atom. The van der Waals surface area contributed by atoms with Crippen molar-refractivity contribution < 1.29 is 17.9 Å². The van der Waals surface area contributed by atoms with Crippen LogP contribution in [0.25, 0.3) is 5.65 Å². The Morgan fingerprint density at radius 3 is 2.70 bits per heavy atom. The molecule has 126 valence electrons. The summed E-state index contributed by atoms with van der Waals surface area (Å²) in [7, 11) is 0. The van der Waals surface area contributed by atoms with Gasteiger partial charge in [0, 0.05) is 25.7 Å². The maximum Gasteiger partial charge on any atom is 0.453 e. The molecule has 1 N–H and O–H groups in total. The predicted octanol–water partition coefficient (Wildman–Crippen LogP) is 1.28. The molecule has 0 spiro atoms. The molecule has 23 heavy (non-hydrogen) atoms. The number of rotatable bonds is 4. The van der Waals surface area contributed by atoms with Crippen molar-refractivity contribution in [1.29, 1.82) is 0 Å². The van der Waals surface area contributed by atoms with E-state index in [9.17, 15) is 13.2 Å². The van der Waals surface area contributed by atoms with E-state index in [2.05, 4.69) is 32.4 Å². The summed E-state index contributed by atoms with van der Waals surface area (Å²) >= 11 is 0. The fourth-order valence-corrected chi connectivity index (χ4v) is 2.46. The lowest BCUT2D eigenvalue weighted by Crippen LogP contribution is -2.45. The van der Waals surface area contributed by atoms with Crippen LogP contribution in [0.5, 0.6) is 0 Å². The van der Waals surface area contributed by atoms with Crippen molar-refractivity contribution in [2.24, 2.45) is 0 Å². The highest BCUT2D eigenvalue weighted by Crippen LogP contribution is 2.27. The molecule has 0 saturated carbocycles. The SMILES string of the molecule is C[C@@H](CNc1ccc2nnc(C(F)(F)F)n2n1)N1CCOCC1. The number of alkyl halides is 3. The molecule has 1 saturated heterocycles. The van der Waals surface area contributed by atoms with Gasteiger partial charge in [-0.1, -0.05) is 0 Å². The third-order valence-corrected chi connectivity index (χ3v) is 3.76. The minimum Gasteiger partial charge on any atom is -0.379 e. The van der Waals surface area contributed by atoms with Gasteiger partial charge < -0.3 is 10.1 Å². The first-order chi connectivity index (χ1) is 10.9. The monoisotopic (exact) mass is 330 g/mol. The lowest BCUT2D eigenvalue weighted by Gasteiger charge is -2.32. The van der Waals surface area contributed by atoms with E-state index in [1.807, 2.05) is 0 Å². The van der Waals surface area contributed by atoms with Crippen molar-refractivity contribution in [1.82, 2.24) is 24.7 Å². The van der Waals surface area contributed by atoms with Crippen molar-refractivity contribution in [3.8, 4) is 0 Å². The van der Waals surface area contributed by atoms with Crippen LogP contribution in [0.1, 0.15) is 12.7 Å². The average molecular weight is 330 g/mol. The topological polar surface area (TPSA) is 67.6 Å². The zero-order valence-electron chi connectivity index (χ0n) is 12.5. The number of anilines is 1. The summed E-state index contributed by atoms with van der Waals surface area (Å²) in [5.41, 5.74) is 0.0594. The molecule has 1 aliphatic heterocycles.